The van der Waals surface area contributed by atoms with Crippen LogP contribution in [0.4, 0.5) is 0 Å². The third-order valence-corrected chi connectivity index (χ3v) is 2.31. The highest BCUT2D eigenvalue weighted by Gasteiger charge is 2.09. The van der Waals surface area contributed by atoms with Gasteiger partial charge >= 0.3 is 11.9 Å². The van der Waals surface area contributed by atoms with Crippen LogP contribution in [0.1, 0.15) is 10.4 Å². The number of fused-ring (bicyclic) bond motifs is 1. The molecule has 0 spiro atoms. The van der Waals surface area contributed by atoms with Crippen LogP contribution in [0.25, 0.3) is 10.8 Å². The summed E-state index contributed by atoms with van der Waals surface area (Å²) in [6.45, 7) is -0.619. The quantitative estimate of drug-likeness (QED) is 0.820. The molecule has 0 aromatic heterocycles. The average Bonchev–Trinajstić information content (AvgIpc) is 2.35. The van der Waals surface area contributed by atoms with Crippen molar-refractivity contribution in [3.8, 4) is 0 Å². The molecule has 0 amide bonds. The van der Waals surface area contributed by atoms with Gasteiger partial charge in [-0.3, -0.25) is 0 Å². The molecule has 0 atom stereocenters. The molecule has 0 saturated heterocycles. The first-order valence-corrected chi connectivity index (χ1v) is 5.04. The fourth-order valence-electron chi connectivity index (χ4n) is 1.53. The van der Waals surface area contributed by atoms with E-state index < -0.39 is 18.5 Å². The second-order valence-corrected chi connectivity index (χ2v) is 3.53. The standard InChI is InChI=1S/C13H10O4/c14-12(15)8-17-13(16)11-6-5-9-3-1-2-4-10(9)7-11/h1-7H,8H2,(H,14,15). The molecule has 0 unspecified atom stereocenters. The van der Waals surface area contributed by atoms with Crippen molar-refractivity contribution >= 4 is 22.7 Å². The Bertz CT molecular complexity index is 574. The zero-order valence-electron chi connectivity index (χ0n) is 8.92. The Balaban J connectivity index is 2.24. The van der Waals surface area contributed by atoms with Crippen LogP contribution >= 0.6 is 0 Å². The second-order valence-electron chi connectivity index (χ2n) is 3.53. The van der Waals surface area contributed by atoms with Gasteiger partial charge in [0.2, 0.25) is 0 Å². The van der Waals surface area contributed by atoms with Gasteiger partial charge in [0.25, 0.3) is 0 Å². The van der Waals surface area contributed by atoms with Crippen molar-refractivity contribution in [2.75, 3.05) is 6.61 Å². The summed E-state index contributed by atoms with van der Waals surface area (Å²) in [4.78, 5) is 21.8. The third kappa shape index (κ3) is 2.60. The Morgan fingerprint density at radius 1 is 1.06 bits per heavy atom. The molecule has 2 aromatic rings. The van der Waals surface area contributed by atoms with Crippen molar-refractivity contribution in [1.29, 1.82) is 0 Å². The van der Waals surface area contributed by atoms with E-state index in [1.54, 1.807) is 18.2 Å². The molecule has 0 radical (unpaired) electrons. The summed E-state index contributed by atoms with van der Waals surface area (Å²) in [5, 5.41) is 10.3. The van der Waals surface area contributed by atoms with E-state index in [9.17, 15) is 9.59 Å². The van der Waals surface area contributed by atoms with Crippen molar-refractivity contribution in [3.63, 3.8) is 0 Å². The van der Waals surface area contributed by atoms with Gasteiger partial charge in [-0.25, -0.2) is 9.59 Å². The molecule has 0 bridgehead atoms. The SMILES string of the molecule is O=C(O)COC(=O)c1ccc2ccccc2c1. The lowest BCUT2D eigenvalue weighted by Gasteiger charge is -2.03. The minimum absolute atomic E-state index is 0.352. The molecule has 4 heteroatoms. The monoisotopic (exact) mass is 230 g/mol. The Morgan fingerprint density at radius 2 is 1.76 bits per heavy atom. The molecule has 0 aliphatic carbocycles. The molecule has 17 heavy (non-hydrogen) atoms. The van der Waals surface area contributed by atoms with Crippen LogP contribution in [0.2, 0.25) is 0 Å². The number of aliphatic carboxylic acids is 1. The van der Waals surface area contributed by atoms with E-state index >= 15 is 0 Å². The number of ether oxygens (including phenoxy) is 1. The normalized spacial score (nSPS) is 10.1. The number of carboxylic acids is 1. The number of hydrogen-bond donors (Lipinski definition) is 1. The van der Waals surface area contributed by atoms with Crippen molar-refractivity contribution in [1.82, 2.24) is 0 Å². The van der Waals surface area contributed by atoms with Crippen molar-refractivity contribution in [2.45, 2.75) is 0 Å². The van der Waals surface area contributed by atoms with Gasteiger partial charge in [0.05, 0.1) is 5.56 Å². The lowest BCUT2D eigenvalue weighted by atomic mass is 10.1. The van der Waals surface area contributed by atoms with Crippen LogP contribution in [-0.2, 0) is 9.53 Å². The molecule has 2 aromatic carbocycles. The predicted molar refractivity (Wildman–Crippen MR) is 61.9 cm³/mol. The van der Waals surface area contributed by atoms with Gasteiger partial charge in [-0.2, -0.15) is 0 Å². The predicted octanol–water partition coefficient (Wildman–Crippen LogP) is 2.08. The Labute approximate surface area is 97.4 Å². The number of esters is 1. The van der Waals surface area contributed by atoms with Gasteiger partial charge < -0.3 is 9.84 Å². The molecule has 1 N–H and O–H groups in total. The number of hydrogen-bond acceptors (Lipinski definition) is 3. The van der Waals surface area contributed by atoms with Crippen molar-refractivity contribution in [3.05, 3.63) is 48.0 Å². The van der Waals surface area contributed by atoms with E-state index in [0.29, 0.717) is 5.56 Å². The summed E-state index contributed by atoms with van der Waals surface area (Å²) >= 11 is 0. The Kier molecular flexibility index (Phi) is 3.05. The van der Waals surface area contributed by atoms with Gasteiger partial charge in [0.1, 0.15) is 0 Å². The lowest BCUT2D eigenvalue weighted by Crippen LogP contribution is -2.12. The third-order valence-electron chi connectivity index (χ3n) is 2.31. The molecule has 0 saturated carbocycles. The van der Waals surface area contributed by atoms with Gasteiger partial charge in [-0.1, -0.05) is 30.3 Å². The number of carbonyl (C=O) groups is 2. The fraction of sp³-hybridized carbons (Fsp3) is 0.0769. The Morgan fingerprint density at radius 3 is 2.47 bits per heavy atom. The summed E-state index contributed by atoms with van der Waals surface area (Å²) in [5.74, 6) is -1.79. The van der Waals surface area contributed by atoms with Gasteiger partial charge in [-0.05, 0) is 22.9 Å². The number of carbonyl (C=O) groups excluding carboxylic acids is 1. The number of carboxylic acid groups (broad SMARTS) is 1. The number of benzene rings is 2. The maximum atomic E-state index is 11.5. The average molecular weight is 230 g/mol. The highest BCUT2D eigenvalue weighted by Crippen LogP contribution is 2.16. The van der Waals surface area contributed by atoms with E-state index in [1.165, 1.54) is 0 Å². The molecule has 2 rings (SSSR count). The van der Waals surface area contributed by atoms with Crippen LogP contribution in [0.15, 0.2) is 42.5 Å². The van der Waals surface area contributed by atoms with Gasteiger partial charge in [0.15, 0.2) is 6.61 Å². The summed E-state index contributed by atoms with van der Waals surface area (Å²) in [6, 6.07) is 12.7. The van der Waals surface area contributed by atoms with Gasteiger partial charge in [-0.15, -0.1) is 0 Å². The zero-order valence-corrected chi connectivity index (χ0v) is 8.92. The lowest BCUT2D eigenvalue weighted by molar-refractivity contribution is -0.140. The smallest absolute Gasteiger partial charge is 0.341 e. The van der Waals surface area contributed by atoms with Gasteiger partial charge in [0, 0.05) is 0 Å². The summed E-state index contributed by atoms with van der Waals surface area (Å²) in [5.41, 5.74) is 0.352. The molecule has 4 nitrogen and oxygen atoms in total. The fourth-order valence-corrected chi connectivity index (χ4v) is 1.53. The second kappa shape index (κ2) is 4.65. The Hall–Kier alpha value is -2.36. The first kappa shape index (κ1) is 11.1. The first-order chi connectivity index (χ1) is 8.16. The molecule has 0 heterocycles. The van der Waals surface area contributed by atoms with E-state index in [1.807, 2.05) is 24.3 Å². The number of rotatable bonds is 3. The van der Waals surface area contributed by atoms with E-state index in [-0.39, 0.29) is 0 Å². The van der Waals surface area contributed by atoms with Crippen LogP contribution in [0.5, 0.6) is 0 Å². The molecular weight excluding hydrogens is 220 g/mol. The van der Waals surface area contributed by atoms with Crippen LogP contribution in [-0.4, -0.2) is 23.7 Å². The van der Waals surface area contributed by atoms with Crippen LogP contribution < -0.4 is 0 Å². The molecule has 86 valence electrons. The summed E-state index contributed by atoms with van der Waals surface area (Å²) < 4.78 is 4.60. The van der Waals surface area contributed by atoms with Crippen LogP contribution in [0, 0.1) is 0 Å². The van der Waals surface area contributed by atoms with E-state index in [2.05, 4.69) is 4.74 Å². The van der Waals surface area contributed by atoms with E-state index in [0.717, 1.165) is 10.8 Å². The first-order valence-electron chi connectivity index (χ1n) is 5.04. The molecule has 0 aliphatic heterocycles. The molecule has 0 aliphatic rings. The topological polar surface area (TPSA) is 63.6 Å². The summed E-state index contributed by atoms with van der Waals surface area (Å²) in [6.07, 6.45) is 0. The maximum absolute atomic E-state index is 11.5. The highest BCUT2D eigenvalue weighted by molar-refractivity contribution is 5.95. The van der Waals surface area contributed by atoms with Crippen molar-refractivity contribution in [2.24, 2.45) is 0 Å². The minimum Gasteiger partial charge on any atom is -0.479 e. The zero-order chi connectivity index (χ0) is 12.3. The van der Waals surface area contributed by atoms with Crippen molar-refractivity contribution < 1.29 is 19.4 Å². The van der Waals surface area contributed by atoms with E-state index in [4.69, 9.17) is 5.11 Å². The maximum Gasteiger partial charge on any atom is 0.341 e. The largest absolute Gasteiger partial charge is 0.479 e. The highest BCUT2D eigenvalue weighted by atomic mass is 16.5. The van der Waals surface area contributed by atoms with Crippen LogP contribution in [0.3, 0.4) is 0 Å². The molecule has 0 fully saturated rings. The molecular formula is C13H10O4. The minimum atomic E-state index is -1.17. The summed E-state index contributed by atoms with van der Waals surface area (Å²) in [7, 11) is 0.